The summed E-state index contributed by atoms with van der Waals surface area (Å²) < 4.78 is 21.6. The molecular formula is C21H23N3O5. The lowest BCUT2D eigenvalue weighted by molar-refractivity contribution is -0.0380. The van der Waals surface area contributed by atoms with Crippen LogP contribution in [0.3, 0.4) is 0 Å². The van der Waals surface area contributed by atoms with Gasteiger partial charge < -0.3 is 23.8 Å². The lowest BCUT2D eigenvalue weighted by Crippen LogP contribution is -2.38. The van der Waals surface area contributed by atoms with E-state index in [1.165, 1.54) is 7.11 Å². The first-order chi connectivity index (χ1) is 14.2. The van der Waals surface area contributed by atoms with E-state index in [-0.39, 0.29) is 11.9 Å². The summed E-state index contributed by atoms with van der Waals surface area (Å²) in [4.78, 5) is 6.75. The summed E-state index contributed by atoms with van der Waals surface area (Å²) in [6.07, 6.45) is -0.272. The first-order valence-corrected chi connectivity index (χ1v) is 9.34. The second-order valence-corrected chi connectivity index (χ2v) is 6.79. The van der Waals surface area contributed by atoms with Crippen LogP contribution < -0.4 is 9.47 Å². The molecule has 1 saturated heterocycles. The number of nitrogens with zero attached hydrogens (tertiary/aromatic N) is 3. The van der Waals surface area contributed by atoms with E-state index in [0.717, 1.165) is 23.4 Å². The first kappa shape index (κ1) is 19.2. The van der Waals surface area contributed by atoms with E-state index < -0.39 is 0 Å². The predicted molar refractivity (Wildman–Crippen MR) is 105 cm³/mol. The largest absolute Gasteiger partial charge is 0.504 e. The SMILES string of the molecule is COc1ccc(-c2nc([C@@H]3CN(Cc4ccc(OC)c(O)c4)CCO3)no2)cc1. The van der Waals surface area contributed by atoms with Crippen molar-refractivity contribution in [2.45, 2.75) is 12.6 Å². The number of ether oxygens (including phenoxy) is 3. The molecule has 0 aliphatic carbocycles. The number of aromatic hydroxyl groups is 1. The second kappa shape index (κ2) is 8.50. The van der Waals surface area contributed by atoms with Crippen LogP contribution in [0, 0.1) is 0 Å². The monoisotopic (exact) mass is 397 g/mol. The van der Waals surface area contributed by atoms with Crippen molar-refractivity contribution in [3.8, 4) is 28.7 Å². The zero-order chi connectivity index (χ0) is 20.2. The molecule has 0 spiro atoms. The van der Waals surface area contributed by atoms with Gasteiger partial charge in [0, 0.05) is 25.2 Å². The minimum atomic E-state index is -0.272. The molecule has 2 aromatic carbocycles. The Morgan fingerprint density at radius 1 is 1.14 bits per heavy atom. The summed E-state index contributed by atoms with van der Waals surface area (Å²) in [6.45, 7) is 2.67. The van der Waals surface area contributed by atoms with E-state index >= 15 is 0 Å². The molecule has 4 rings (SSSR count). The van der Waals surface area contributed by atoms with E-state index in [4.69, 9.17) is 18.7 Å². The van der Waals surface area contributed by atoms with Gasteiger partial charge >= 0.3 is 0 Å². The molecule has 29 heavy (non-hydrogen) atoms. The van der Waals surface area contributed by atoms with Crippen molar-refractivity contribution in [1.82, 2.24) is 15.0 Å². The highest BCUT2D eigenvalue weighted by Crippen LogP contribution is 2.29. The third-order valence-electron chi connectivity index (χ3n) is 4.87. The van der Waals surface area contributed by atoms with Crippen molar-refractivity contribution in [2.75, 3.05) is 33.9 Å². The third-order valence-corrected chi connectivity index (χ3v) is 4.87. The highest BCUT2D eigenvalue weighted by molar-refractivity contribution is 5.54. The molecule has 0 bridgehead atoms. The molecule has 0 radical (unpaired) electrons. The van der Waals surface area contributed by atoms with Crippen LogP contribution >= 0.6 is 0 Å². The zero-order valence-corrected chi connectivity index (χ0v) is 16.4. The Morgan fingerprint density at radius 2 is 1.97 bits per heavy atom. The number of phenolic OH excluding ortho intramolecular Hbond substituents is 1. The van der Waals surface area contributed by atoms with Crippen LogP contribution in [0.1, 0.15) is 17.5 Å². The molecule has 1 aromatic heterocycles. The number of methoxy groups -OCH3 is 2. The summed E-state index contributed by atoms with van der Waals surface area (Å²) in [5.41, 5.74) is 1.82. The average Bonchev–Trinajstić information content (AvgIpc) is 3.24. The van der Waals surface area contributed by atoms with Crippen LogP contribution in [0.4, 0.5) is 0 Å². The van der Waals surface area contributed by atoms with Crippen LogP contribution in [0.5, 0.6) is 17.2 Å². The summed E-state index contributed by atoms with van der Waals surface area (Å²) in [5.74, 6) is 2.34. The Balaban J connectivity index is 1.43. The quantitative estimate of drug-likeness (QED) is 0.679. The van der Waals surface area contributed by atoms with E-state index in [1.54, 1.807) is 19.2 Å². The molecule has 8 nitrogen and oxygen atoms in total. The third kappa shape index (κ3) is 4.33. The van der Waals surface area contributed by atoms with Crippen molar-refractivity contribution < 1.29 is 23.8 Å². The van der Waals surface area contributed by atoms with Crippen LogP contribution in [-0.2, 0) is 11.3 Å². The van der Waals surface area contributed by atoms with Crippen molar-refractivity contribution in [1.29, 1.82) is 0 Å². The van der Waals surface area contributed by atoms with Crippen LogP contribution in [0.2, 0.25) is 0 Å². The molecule has 0 unspecified atom stereocenters. The predicted octanol–water partition coefficient (Wildman–Crippen LogP) is 3.03. The van der Waals surface area contributed by atoms with Gasteiger partial charge in [-0.3, -0.25) is 4.90 Å². The van der Waals surface area contributed by atoms with Gasteiger partial charge in [0.2, 0.25) is 5.82 Å². The summed E-state index contributed by atoms with van der Waals surface area (Å²) >= 11 is 0. The van der Waals surface area contributed by atoms with Gasteiger partial charge in [-0.05, 0) is 42.0 Å². The van der Waals surface area contributed by atoms with Gasteiger partial charge in [-0.15, -0.1) is 0 Å². The number of hydrogen-bond acceptors (Lipinski definition) is 8. The van der Waals surface area contributed by atoms with Gasteiger partial charge in [-0.25, -0.2) is 0 Å². The van der Waals surface area contributed by atoms with Crippen molar-refractivity contribution >= 4 is 0 Å². The first-order valence-electron chi connectivity index (χ1n) is 9.34. The number of rotatable bonds is 6. The highest BCUT2D eigenvalue weighted by atomic mass is 16.5. The van der Waals surface area contributed by atoms with Gasteiger partial charge in [0.05, 0.1) is 20.8 Å². The van der Waals surface area contributed by atoms with E-state index in [0.29, 0.717) is 37.2 Å². The molecule has 1 fully saturated rings. The van der Waals surface area contributed by atoms with Crippen LogP contribution in [0.15, 0.2) is 47.0 Å². The van der Waals surface area contributed by atoms with Gasteiger partial charge in [0.15, 0.2) is 11.5 Å². The highest BCUT2D eigenvalue weighted by Gasteiger charge is 2.26. The Hall–Kier alpha value is -3.10. The minimum Gasteiger partial charge on any atom is -0.504 e. The lowest BCUT2D eigenvalue weighted by atomic mass is 10.1. The van der Waals surface area contributed by atoms with Gasteiger partial charge in [0.1, 0.15) is 11.9 Å². The Kier molecular flexibility index (Phi) is 5.64. The minimum absolute atomic E-state index is 0.136. The smallest absolute Gasteiger partial charge is 0.258 e. The van der Waals surface area contributed by atoms with E-state index in [9.17, 15) is 5.11 Å². The molecular weight excluding hydrogens is 374 g/mol. The molecule has 0 saturated carbocycles. The van der Waals surface area contributed by atoms with Crippen LogP contribution in [0.25, 0.3) is 11.5 Å². The van der Waals surface area contributed by atoms with E-state index in [2.05, 4.69) is 15.0 Å². The Labute approximate surface area is 168 Å². The number of hydrogen-bond donors (Lipinski definition) is 1. The van der Waals surface area contributed by atoms with Crippen molar-refractivity contribution in [3.63, 3.8) is 0 Å². The molecule has 1 atom stereocenters. The van der Waals surface area contributed by atoms with Crippen LogP contribution in [-0.4, -0.2) is 54.1 Å². The number of morpholine rings is 1. The molecule has 2 heterocycles. The topological polar surface area (TPSA) is 90.1 Å². The molecule has 152 valence electrons. The normalized spacial score (nSPS) is 17.2. The molecule has 1 aliphatic heterocycles. The summed E-state index contributed by atoms with van der Waals surface area (Å²) in [7, 11) is 3.16. The summed E-state index contributed by atoms with van der Waals surface area (Å²) in [5, 5.41) is 14.1. The van der Waals surface area contributed by atoms with Gasteiger partial charge in [-0.1, -0.05) is 11.2 Å². The second-order valence-electron chi connectivity index (χ2n) is 6.79. The van der Waals surface area contributed by atoms with Gasteiger partial charge in [0.25, 0.3) is 5.89 Å². The maximum atomic E-state index is 9.99. The molecule has 1 aliphatic rings. The van der Waals surface area contributed by atoms with Crippen molar-refractivity contribution in [2.24, 2.45) is 0 Å². The molecule has 1 N–H and O–H groups in total. The van der Waals surface area contributed by atoms with Crippen molar-refractivity contribution in [3.05, 3.63) is 53.9 Å². The fourth-order valence-corrected chi connectivity index (χ4v) is 3.31. The molecule has 8 heteroatoms. The fraction of sp³-hybridized carbons (Fsp3) is 0.333. The standard InChI is InChI=1S/C21H23N3O5/c1-26-16-6-4-15(5-7-16)21-22-20(23-29-21)19-13-24(9-10-28-19)12-14-3-8-18(27-2)17(25)11-14/h3-8,11,19,25H,9-10,12-13H2,1-2H3/t19-/m0/s1. The average molecular weight is 397 g/mol. The molecule has 3 aromatic rings. The number of aromatic nitrogens is 2. The number of phenols is 1. The Morgan fingerprint density at radius 3 is 2.69 bits per heavy atom. The lowest BCUT2D eigenvalue weighted by Gasteiger charge is -2.31. The maximum absolute atomic E-state index is 9.99. The van der Waals surface area contributed by atoms with E-state index in [1.807, 2.05) is 30.3 Å². The maximum Gasteiger partial charge on any atom is 0.258 e. The summed E-state index contributed by atoms with van der Waals surface area (Å²) in [6, 6.07) is 12.9. The fourth-order valence-electron chi connectivity index (χ4n) is 3.31. The Bertz CT molecular complexity index is 957. The molecule has 0 amide bonds. The zero-order valence-electron chi connectivity index (χ0n) is 16.4. The number of benzene rings is 2. The van der Waals surface area contributed by atoms with Gasteiger partial charge in [-0.2, -0.15) is 4.98 Å².